The normalized spacial score (nSPS) is 24.3. The Morgan fingerprint density at radius 3 is 2.80 bits per heavy atom. The standard InChI is InChI=1S/C13H18N2/c1-8-6-9(2)11-7-15(14)12-5-3-4-10(8)13(11)12/h6,12H,3-5,7,14H2,1-2H3. The van der Waals surface area contributed by atoms with Gasteiger partial charge in [0, 0.05) is 6.54 Å². The maximum atomic E-state index is 6.09. The molecule has 15 heavy (non-hydrogen) atoms. The Balaban J connectivity index is 2.28. The van der Waals surface area contributed by atoms with Gasteiger partial charge in [-0.15, -0.1) is 0 Å². The van der Waals surface area contributed by atoms with Gasteiger partial charge in [-0.05, 0) is 60.9 Å². The predicted octanol–water partition coefficient (Wildman–Crippen LogP) is 2.37. The second-order valence-corrected chi connectivity index (χ2v) is 4.96. The van der Waals surface area contributed by atoms with E-state index in [0.29, 0.717) is 6.04 Å². The smallest absolute Gasteiger partial charge is 0.0500 e. The van der Waals surface area contributed by atoms with Crippen LogP contribution in [-0.2, 0) is 13.0 Å². The van der Waals surface area contributed by atoms with Crippen LogP contribution in [0.25, 0.3) is 0 Å². The first-order chi connectivity index (χ1) is 7.18. The molecule has 0 fully saturated rings. The molecule has 1 aromatic carbocycles. The summed E-state index contributed by atoms with van der Waals surface area (Å²) in [7, 11) is 0. The molecule has 0 spiro atoms. The van der Waals surface area contributed by atoms with Gasteiger partial charge in [0.05, 0.1) is 6.04 Å². The van der Waals surface area contributed by atoms with Crippen molar-refractivity contribution >= 4 is 0 Å². The van der Waals surface area contributed by atoms with Gasteiger partial charge in [0.25, 0.3) is 0 Å². The van der Waals surface area contributed by atoms with Crippen molar-refractivity contribution < 1.29 is 0 Å². The lowest BCUT2D eigenvalue weighted by atomic mass is 9.83. The summed E-state index contributed by atoms with van der Waals surface area (Å²) in [5.74, 6) is 6.09. The van der Waals surface area contributed by atoms with Crippen LogP contribution in [0.5, 0.6) is 0 Å². The zero-order valence-corrected chi connectivity index (χ0v) is 9.51. The molecule has 2 aliphatic rings. The summed E-state index contributed by atoms with van der Waals surface area (Å²) in [4.78, 5) is 0. The van der Waals surface area contributed by atoms with Gasteiger partial charge in [-0.1, -0.05) is 6.07 Å². The molecule has 0 radical (unpaired) electrons. The van der Waals surface area contributed by atoms with E-state index >= 15 is 0 Å². The number of hydrogen-bond acceptors (Lipinski definition) is 2. The molecular weight excluding hydrogens is 184 g/mol. The molecular formula is C13H18N2. The van der Waals surface area contributed by atoms with Gasteiger partial charge in [0.1, 0.15) is 0 Å². The van der Waals surface area contributed by atoms with Crippen LogP contribution in [0.2, 0.25) is 0 Å². The number of nitrogens with zero attached hydrogens (tertiary/aromatic N) is 1. The summed E-state index contributed by atoms with van der Waals surface area (Å²) < 4.78 is 0. The zero-order valence-electron chi connectivity index (χ0n) is 9.51. The number of hydrazine groups is 1. The van der Waals surface area contributed by atoms with E-state index < -0.39 is 0 Å². The van der Waals surface area contributed by atoms with E-state index in [1.807, 2.05) is 5.01 Å². The van der Waals surface area contributed by atoms with Crippen LogP contribution in [0.3, 0.4) is 0 Å². The summed E-state index contributed by atoms with van der Waals surface area (Å²) in [6, 6.07) is 2.83. The van der Waals surface area contributed by atoms with E-state index in [-0.39, 0.29) is 0 Å². The van der Waals surface area contributed by atoms with E-state index in [9.17, 15) is 0 Å². The molecule has 1 aliphatic carbocycles. The van der Waals surface area contributed by atoms with Crippen LogP contribution >= 0.6 is 0 Å². The third-order valence-electron chi connectivity index (χ3n) is 4.01. The molecule has 0 saturated heterocycles. The summed E-state index contributed by atoms with van der Waals surface area (Å²) >= 11 is 0. The number of rotatable bonds is 0. The van der Waals surface area contributed by atoms with Crippen molar-refractivity contribution in [1.82, 2.24) is 5.01 Å². The Morgan fingerprint density at radius 2 is 2.00 bits per heavy atom. The third kappa shape index (κ3) is 1.18. The minimum Gasteiger partial charge on any atom is -0.268 e. The molecule has 1 atom stereocenters. The second-order valence-electron chi connectivity index (χ2n) is 4.96. The number of nitrogens with two attached hydrogens (primary N) is 1. The SMILES string of the molecule is Cc1cc(C)c2c3c1CCCC3N(N)C2. The molecule has 1 aromatic rings. The van der Waals surface area contributed by atoms with Gasteiger partial charge in [-0.2, -0.15) is 0 Å². The quantitative estimate of drug-likeness (QED) is 0.654. The number of hydrogen-bond donors (Lipinski definition) is 1. The summed E-state index contributed by atoms with van der Waals surface area (Å²) in [5.41, 5.74) is 7.54. The summed E-state index contributed by atoms with van der Waals surface area (Å²) in [5, 5.41) is 2.03. The highest BCUT2D eigenvalue weighted by atomic mass is 15.4. The maximum absolute atomic E-state index is 6.09. The lowest BCUT2D eigenvalue weighted by molar-refractivity contribution is 0.202. The molecule has 0 bridgehead atoms. The molecule has 80 valence electrons. The van der Waals surface area contributed by atoms with Crippen LogP contribution in [0.4, 0.5) is 0 Å². The average Bonchev–Trinajstić information content (AvgIpc) is 2.55. The molecule has 2 heteroatoms. The summed E-state index contributed by atoms with van der Waals surface area (Å²) in [6.07, 6.45) is 3.77. The van der Waals surface area contributed by atoms with E-state index in [4.69, 9.17) is 5.84 Å². The van der Waals surface area contributed by atoms with Crippen LogP contribution in [-0.4, -0.2) is 5.01 Å². The van der Waals surface area contributed by atoms with Gasteiger partial charge >= 0.3 is 0 Å². The highest BCUT2D eigenvalue weighted by molar-refractivity contribution is 5.50. The zero-order chi connectivity index (χ0) is 10.6. The van der Waals surface area contributed by atoms with Gasteiger partial charge in [0.2, 0.25) is 0 Å². The molecule has 0 amide bonds. The minimum atomic E-state index is 0.502. The largest absolute Gasteiger partial charge is 0.268 e. The number of aryl methyl sites for hydroxylation is 2. The topological polar surface area (TPSA) is 29.3 Å². The fourth-order valence-corrected chi connectivity index (χ4v) is 3.29. The van der Waals surface area contributed by atoms with Crippen LogP contribution < -0.4 is 5.84 Å². The van der Waals surface area contributed by atoms with Gasteiger partial charge < -0.3 is 0 Å². The van der Waals surface area contributed by atoms with E-state index in [1.54, 1.807) is 11.1 Å². The number of benzene rings is 1. The predicted molar refractivity (Wildman–Crippen MR) is 61.3 cm³/mol. The van der Waals surface area contributed by atoms with Crippen LogP contribution in [0, 0.1) is 13.8 Å². The van der Waals surface area contributed by atoms with Gasteiger partial charge in [0.15, 0.2) is 0 Å². The molecule has 2 N–H and O–H groups in total. The molecule has 0 saturated carbocycles. The lowest BCUT2D eigenvalue weighted by Gasteiger charge is -2.27. The van der Waals surface area contributed by atoms with Crippen molar-refractivity contribution in [2.45, 2.75) is 45.7 Å². The Morgan fingerprint density at radius 1 is 1.27 bits per heavy atom. The van der Waals surface area contributed by atoms with Crippen LogP contribution in [0.15, 0.2) is 6.07 Å². The third-order valence-corrected chi connectivity index (χ3v) is 4.01. The Hall–Kier alpha value is -0.860. The van der Waals surface area contributed by atoms with Crippen molar-refractivity contribution in [3.8, 4) is 0 Å². The van der Waals surface area contributed by atoms with Crippen molar-refractivity contribution in [2.75, 3.05) is 0 Å². The molecule has 1 heterocycles. The average molecular weight is 202 g/mol. The first-order valence-electron chi connectivity index (χ1n) is 5.81. The fraction of sp³-hybridized carbons (Fsp3) is 0.538. The molecule has 0 aromatic heterocycles. The highest BCUT2D eigenvalue weighted by Gasteiger charge is 2.34. The molecule has 3 rings (SSSR count). The van der Waals surface area contributed by atoms with Crippen molar-refractivity contribution in [3.63, 3.8) is 0 Å². The Kier molecular flexibility index (Phi) is 1.91. The maximum Gasteiger partial charge on any atom is 0.0500 e. The van der Waals surface area contributed by atoms with Crippen LogP contribution in [0.1, 0.15) is 46.7 Å². The molecule has 2 nitrogen and oxygen atoms in total. The first kappa shape index (κ1) is 9.37. The van der Waals surface area contributed by atoms with Gasteiger partial charge in [-0.25, -0.2) is 5.01 Å². The Bertz CT molecular complexity index is 423. The molecule has 1 unspecified atom stereocenters. The first-order valence-corrected chi connectivity index (χ1v) is 5.81. The molecule has 1 aliphatic heterocycles. The minimum absolute atomic E-state index is 0.502. The second kappa shape index (κ2) is 3.06. The van der Waals surface area contributed by atoms with E-state index in [1.165, 1.54) is 36.0 Å². The lowest BCUT2D eigenvalue weighted by Crippen LogP contribution is -2.30. The Labute approximate surface area is 91.0 Å². The van der Waals surface area contributed by atoms with Crippen molar-refractivity contribution in [3.05, 3.63) is 33.9 Å². The highest BCUT2D eigenvalue weighted by Crippen LogP contribution is 2.43. The van der Waals surface area contributed by atoms with E-state index in [0.717, 1.165) is 6.54 Å². The van der Waals surface area contributed by atoms with Crippen molar-refractivity contribution in [2.24, 2.45) is 5.84 Å². The summed E-state index contributed by atoms with van der Waals surface area (Å²) in [6.45, 7) is 5.40. The van der Waals surface area contributed by atoms with Crippen molar-refractivity contribution in [1.29, 1.82) is 0 Å². The monoisotopic (exact) mass is 202 g/mol. The fourth-order valence-electron chi connectivity index (χ4n) is 3.29. The van der Waals surface area contributed by atoms with E-state index in [2.05, 4.69) is 19.9 Å². The van der Waals surface area contributed by atoms with Gasteiger partial charge in [-0.3, -0.25) is 5.84 Å².